The number of phosphoric ester groups is 1. The number of hydrogen-bond acceptors (Lipinski definition) is 3. The molecule has 0 bridgehead atoms. The molecule has 5 nitrogen and oxygen atoms in total. The van der Waals surface area contributed by atoms with Crippen molar-refractivity contribution in [1.82, 2.24) is 0 Å². The Morgan fingerprint density at radius 1 is 0.649 bits per heavy atom. The van der Waals surface area contributed by atoms with Crippen molar-refractivity contribution >= 4 is 7.82 Å². The maximum Gasteiger partial charge on any atom is 0.472 e. The number of hydrogen-bond donors (Lipinski definition) is 1. The smallest absolute Gasteiger partial charge is 0.326 e. The number of allylic oxidation sites excluding steroid dienone is 2. The minimum Gasteiger partial charge on any atom is -0.326 e. The van der Waals surface area contributed by atoms with E-state index in [0.717, 1.165) is 30.3 Å². The number of unbranched alkanes of at least 4 members (excludes halogenated alkanes) is 16. The van der Waals surface area contributed by atoms with E-state index < -0.39 is 7.82 Å². The van der Waals surface area contributed by atoms with Crippen molar-refractivity contribution in [1.29, 1.82) is 0 Å². The molecule has 1 aliphatic heterocycles. The Hall–Kier alpha value is -0.190. The predicted molar refractivity (Wildman–Crippen MR) is 159 cm³/mol. The van der Waals surface area contributed by atoms with Crippen LogP contribution in [-0.2, 0) is 13.6 Å². The Morgan fingerprint density at radius 3 is 1.59 bits per heavy atom. The minimum absolute atomic E-state index is 0.303. The van der Waals surface area contributed by atoms with Gasteiger partial charge >= 0.3 is 7.82 Å². The van der Waals surface area contributed by atoms with Gasteiger partial charge in [-0.05, 0) is 51.4 Å². The third kappa shape index (κ3) is 22.3. The van der Waals surface area contributed by atoms with Crippen molar-refractivity contribution in [3.05, 3.63) is 12.2 Å². The molecular weight excluding hydrogens is 481 g/mol. The molecule has 0 aliphatic carbocycles. The van der Waals surface area contributed by atoms with E-state index in [4.69, 9.17) is 9.05 Å². The fraction of sp³-hybridized carbons (Fsp3) is 0.935. The lowest BCUT2D eigenvalue weighted by molar-refractivity contribution is -0.914. The lowest BCUT2D eigenvalue weighted by Crippen LogP contribution is -2.48. The van der Waals surface area contributed by atoms with E-state index in [2.05, 4.69) is 26.1 Å². The molecule has 1 aliphatic rings. The van der Waals surface area contributed by atoms with Crippen LogP contribution in [0.25, 0.3) is 0 Å². The molecule has 0 saturated carbocycles. The summed E-state index contributed by atoms with van der Waals surface area (Å²) in [5, 5.41) is 0. The first-order valence-corrected chi connectivity index (χ1v) is 17.6. The Kier molecular flexibility index (Phi) is 22.3. The van der Waals surface area contributed by atoms with Gasteiger partial charge in [-0.3, -0.25) is 9.05 Å². The van der Waals surface area contributed by atoms with E-state index in [1.54, 1.807) is 0 Å². The van der Waals surface area contributed by atoms with Crippen molar-refractivity contribution in [2.75, 3.05) is 39.9 Å². The number of quaternary nitrogens is 1. The highest BCUT2D eigenvalue weighted by molar-refractivity contribution is 7.47. The topological polar surface area (TPSA) is 55.8 Å². The number of rotatable bonds is 26. The highest BCUT2D eigenvalue weighted by Crippen LogP contribution is 2.43. The van der Waals surface area contributed by atoms with Crippen LogP contribution in [0.1, 0.15) is 148 Å². The zero-order valence-corrected chi connectivity index (χ0v) is 25.7. The normalized spacial score (nSPS) is 17.4. The van der Waals surface area contributed by atoms with Crippen LogP contribution in [0.3, 0.4) is 0 Å². The molecule has 1 fully saturated rings. The van der Waals surface area contributed by atoms with Crippen LogP contribution in [0.15, 0.2) is 12.2 Å². The summed E-state index contributed by atoms with van der Waals surface area (Å²) < 4.78 is 23.5. The molecule has 1 N–H and O–H groups in total. The molecule has 0 aromatic heterocycles. The van der Waals surface area contributed by atoms with Gasteiger partial charge in [0.15, 0.2) is 0 Å². The van der Waals surface area contributed by atoms with Crippen LogP contribution in [0.5, 0.6) is 0 Å². The molecule has 1 unspecified atom stereocenters. The molecule has 0 aromatic carbocycles. The summed E-state index contributed by atoms with van der Waals surface area (Å²) in [7, 11) is -1.61. The van der Waals surface area contributed by atoms with Gasteiger partial charge in [0.25, 0.3) is 0 Å². The summed E-state index contributed by atoms with van der Waals surface area (Å²) in [5.41, 5.74) is 0. The fourth-order valence-electron chi connectivity index (χ4n) is 5.40. The third-order valence-electron chi connectivity index (χ3n) is 7.90. The molecule has 1 atom stereocenters. The van der Waals surface area contributed by atoms with Gasteiger partial charge in [0.05, 0.1) is 39.9 Å². The van der Waals surface area contributed by atoms with Gasteiger partial charge in [-0.1, -0.05) is 103 Å². The molecule has 1 rings (SSSR count). The van der Waals surface area contributed by atoms with Crippen molar-refractivity contribution in [3.63, 3.8) is 0 Å². The van der Waals surface area contributed by atoms with Crippen LogP contribution in [0, 0.1) is 0 Å². The summed E-state index contributed by atoms with van der Waals surface area (Å²) in [6.07, 6.45) is 32.7. The highest BCUT2D eigenvalue weighted by Gasteiger charge is 2.25. The lowest BCUT2D eigenvalue weighted by atomic mass is 10.1. The maximum atomic E-state index is 12.0. The van der Waals surface area contributed by atoms with Gasteiger partial charge in [-0.15, -0.1) is 0 Å². The van der Waals surface area contributed by atoms with E-state index >= 15 is 0 Å². The average molecular weight is 545 g/mol. The summed E-state index contributed by atoms with van der Waals surface area (Å²) in [5.74, 6) is 0. The maximum absolute atomic E-state index is 12.0. The van der Waals surface area contributed by atoms with E-state index in [1.807, 2.05) is 0 Å². The number of phosphoric acid groups is 1. The number of piperidine rings is 1. The van der Waals surface area contributed by atoms with Crippen molar-refractivity contribution in [3.8, 4) is 0 Å². The SMILES string of the molecule is CCCCCCCCC=CCCCCCCCCCCCCOP(=O)(O)OCCC[N+]1(C)CCCCC1. The van der Waals surface area contributed by atoms with Crippen LogP contribution >= 0.6 is 7.82 Å². The monoisotopic (exact) mass is 544 g/mol. The third-order valence-corrected chi connectivity index (χ3v) is 8.92. The number of likely N-dealkylation sites (tertiary alicyclic amines) is 1. The standard InChI is InChI=1S/C31H62NO4P/c1-3-4-5-6-7-8-9-10-11-12-13-14-15-16-17-18-19-20-21-25-30-35-37(33,34)36-31-26-29-32(2)27-23-22-24-28-32/h10-11H,3-9,12-31H2,1-2H3/p+1. The molecule has 37 heavy (non-hydrogen) atoms. The predicted octanol–water partition coefficient (Wildman–Crippen LogP) is 9.74. The minimum atomic E-state index is -3.89. The quantitative estimate of drug-likeness (QED) is 0.0509. The first-order chi connectivity index (χ1) is 18.0. The van der Waals surface area contributed by atoms with Crippen molar-refractivity contribution < 1.29 is 23.0 Å². The van der Waals surface area contributed by atoms with Crippen LogP contribution in [-0.4, -0.2) is 49.3 Å². The molecule has 0 spiro atoms. The largest absolute Gasteiger partial charge is 0.472 e. The molecule has 1 saturated heterocycles. The second kappa shape index (κ2) is 23.7. The Bertz CT molecular complexity index is 578. The first-order valence-electron chi connectivity index (χ1n) is 16.1. The molecule has 6 heteroatoms. The highest BCUT2D eigenvalue weighted by atomic mass is 31.2. The van der Waals surface area contributed by atoms with Crippen LogP contribution in [0.2, 0.25) is 0 Å². The van der Waals surface area contributed by atoms with Gasteiger partial charge in [-0.25, -0.2) is 4.57 Å². The Labute approximate surface area is 231 Å². The second-order valence-electron chi connectivity index (χ2n) is 11.7. The van der Waals surface area contributed by atoms with Gasteiger partial charge in [-0.2, -0.15) is 0 Å². The summed E-state index contributed by atoms with van der Waals surface area (Å²) in [6, 6.07) is 0. The lowest BCUT2D eigenvalue weighted by Gasteiger charge is -2.37. The molecule has 1 heterocycles. The fourth-order valence-corrected chi connectivity index (χ4v) is 6.19. The van der Waals surface area contributed by atoms with E-state index in [1.165, 1.54) is 135 Å². The summed E-state index contributed by atoms with van der Waals surface area (Å²) >= 11 is 0. The molecule has 0 aromatic rings. The van der Waals surface area contributed by atoms with Gasteiger partial charge in [0, 0.05) is 6.42 Å². The van der Waals surface area contributed by atoms with E-state index in [9.17, 15) is 9.46 Å². The van der Waals surface area contributed by atoms with Gasteiger partial charge in [0.2, 0.25) is 0 Å². The van der Waals surface area contributed by atoms with Crippen LogP contribution in [0.4, 0.5) is 0 Å². The van der Waals surface area contributed by atoms with Gasteiger partial charge in [0.1, 0.15) is 0 Å². The Balaban J connectivity index is 1.79. The van der Waals surface area contributed by atoms with Gasteiger partial charge < -0.3 is 9.38 Å². The average Bonchev–Trinajstić information content (AvgIpc) is 2.88. The van der Waals surface area contributed by atoms with Crippen molar-refractivity contribution in [2.24, 2.45) is 0 Å². The molecule has 0 amide bonds. The zero-order valence-electron chi connectivity index (χ0n) is 24.8. The molecular formula is C31H63NO4P+. The van der Waals surface area contributed by atoms with E-state index in [0.29, 0.717) is 13.2 Å². The molecule has 220 valence electrons. The summed E-state index contributed by atoms with van der Waals surface area (Å²) in [4.78, 5) is 9.88. The van der Waals surface area contributed by atoms with E-state index in [-0.39, 0.29) is 0 Å². The zero-order chi connectivity index (χ0) is 26.9. The first kappa shape index (κ1) is 34.8. The Morgan fingerprint density at radius 2 is 1.08 bits per heavy atom. The molecule has 0 radical (unpaired) electrons. The van der Waals surface area contributed by atoms with Crippen molar-refractivity contribution in [2.45, 2.75) is 148 Å². The second-order valence-corrected chi connectivity index (χ2v) is 13.1. The van der Waals surface area contributed by atoms with Crippen LogP contribution < -0.4 is 0 Å². The summed E-state index contributed by atoms with van der Waals surface area (Å²) in [6.45, 7) is 6.33. The number of nitrogens with zero attached hydrogens (tertiary/aromatic N) is 1.